The molecule has 4 nitrogen and oxygen atoms in total. The van der Waals surface area contributed by atoms with Gasteiger partial charge in [0.15, 0.2) is 8.32 Å². The Hall–Kier alpha value is -0.653. The molecule has 0 aliphatic heterocycles. The van der Waals surface area contributed by atoms with E-state index in [9.17, 15) is 9.90 Å². The summed E-state index contributed by atoms with van der Waals surface area (Å²) < 4.78 is 11.4. The smallest absolute Gasteiger partial charge is 0.333 e. The third-order valence-corrected chi connectivity index (χ3v) is 11.2. The van der Waals surface area contributed by atoms with Crippen LogP contribution in [-0.4, -0.2) is 38.7 Å². The molecule has 0 amide bonds. The number of hydrogen-bond acceptors (Lipinski definition) is 4. The average molecular weight is 373 g/mol. The summed E-state index contributed by atoms with van der Waals surface area (Å²) in [6.45, 7) is 20.1. The molecule has 148 valence electrons. The first kappa shape index (κ1) is 24.3. The van der Waals surface area contributed by atoms with E-state index in [1.54, 1.807) is 6.92 Å². The molecule has 0 saturated carbocycles. The van der Waals surface area contributed by atoms with E-state index in [4.69, 9.17) is 9.16 Å². The first-order valence-corrected chi connectivity index (χ1v) is 11.9. The molecule has 0 heterocycles. The van der Waals surface area contributed by atoms with E-state index in [2.05, 4.69) is 48.1 Å². The number of esters is 1. The van der Waals surface area contributed by atoms with Crippen LogP contribution in [0.5, 0.6) is 0 Å². The zero-order valence-corrected chi connectivity index (χ0v) is 18.4. The first-order chi connectivity index (χ1) is 11.6. The Morgan fingerprint density at radius 1 is 1.04 bits per heavy atom. The lowest BCUT2D eigenvalue weighted by Crippen LogP contribution is -2.48. The van der Waals surface area contributed by atoms with Gasteiger partial charge in [-0.2, -0.15) is 0 Å². The van der Waals surface area contributed by atoms with Gasteiger partial charge in [-0.25, -0.2) is 4.79 Å². The van der Waals surface area contributed by atoms with Gasteiger partial charge in [0.1, 0.15) is 0 Å². The van der Waals surface area contributed by atoms with Crippen LogP contribution in [0.3, 0.4) is 0 Å². The van der Waals surface area contributed by atoms with Crippen molar-refractivity contribution in [2.24, 2.45) is 0 Å². The van der Waals surface area contributed by atoms with Crippen LogP contribution in [-0.2, 0) is 14.0 Å². The highest BCUT2D eigenvalue weighted by atomic mass is 28.4. The van der Waals surface area contributed by atoms with Crippen molar-refractivity contribution in [1.29, 1.82) is 0 Å². The fourth-order valence-electron chi connectivity index (χ4n) is 3.90. The van der Waals surface area contributed by atoms with Crippen LogP contribution in [0.4, 0.5) is 0 Å². The maximum Gasteiger partial charge on any atom is 0.333 e. The Kier molecular flexibility index (Phi) is 11.6. The van der Waals surface area contributed by atoms with E-state index in [-0.39, 0.29) is 5.97 Å². The molecule has 0 aromatic carbocycles. The number of aliphatic hydroxyl groups is 1. The largest absolute Gasteiger partial charge is 0.463 e. The molecule has 0 radical (unpaired) electrons. The number of carbonyl (C=O) groups excluding carboxylic acids is 1. The molecule has 5 heteroatoms. The third kappa shape index (κ3) is 7.63. The van der Waals surface area contributed by atoms with Gasteiger partial charge in [-0.1, -0.05) is 48.1 Å². The summed E-state index contributed by atoms with van der Waals surface area (Å²) in [6, 6.07) is 0. The Bertz CT molecular complexity index is 383. The molecule has 0 bridgehead atoms. The van der Waals surface area contributed by atoms with Gasteiger partial charge < -0.3 is 14.3 Å². The predicted octanol–water partition coefficient (Wildman–Crippen LogP) is 5.22. The highest BCUT2D eigenvalue weighted by Gasteiger charge is 2.44. The monoisotopic (exact) mass is 372 g/mol. The van der Waals surface area contributed by atoms with Crippen LogP contribution in [0.15, 0.2) is 12.2 Å². The van der Waals surface area contributed by atoms with E-state index < -0.39 is 14.4 Å². The number of aliphatic hydroxyl groups excluding tert-OH is 1. The number of ether oxygens (including phenoxy) is 1. The van der Waals surface area contributed by atoms with Crippen LogP contribution in [0, 0.1) is 0 Å². The SMILES string of the molecule is C=C(CCCC(O)CCO[Si](C(C)C)(C(C)C)C(C)C)C(=O)OCC. The van der Waals surface area contributed by atoms with E-state index in [1.165, 1.54) is 0 Å². The summed E-state index contributed by atoms with van der Waals surface area (Å²) >= 11 is 0. The van der Waals surface area contributed by atoms with Crippen LogP contribution < -0.4 is 0 Å². The minimum absolute atomic E-state index is 0.332. The van der Waals surface area contributed by atoms with Crippen molar-refractivity contribution in [3.05, 3.63) is 12.2 Å². The molecule has 25 heavy (non-hydrogen) atoms. The van der Waals surface area contributed by atoms with Gasteiger partial charge in [0.05, 0.1) is 12.7 Å². The number of rotatable bonds is 13. The lowest BCUT2D eigenvalue weighted by atomic mass is 10.1. The minimum Gasteiger partial charge on any atom is -0.463 e. The third-order valence-electron chi connectivity index (χ3n) is 5.09. The number of hydrogen-bond donors (Lipinski definition) is 1. The lowest BCUT2D eigenvalue weighted by Gasteiger charge is -2.42. The normalized spacial score (nSPS) is 13.6. The molecule has 0 fully saturated rings. The average Bonchev–Trinajstić information content (AvgIpc) is 2.50. The molecule has 0 aromatic heterocycles. The van der Waals surface area contributed by atoms with Crippen molar-refractivity contribution >= 4 is 14.3 Å². The van der Waals surface area contributed by atoms with Crippen LogP contribution in [0.1, 0.15) is 74.1 Å². The zero-order valence-electron chi connectivity index (χ0n) is 17.4. The van der Waals surface area contributed by atoms with Gasteiger partial charge in [0.2, 0.25) is 0 Å². The second kappa shape index (κ2) is 11.9. The maximum absolute atomic E-state index is 11.5. The first-order valence-electron chi connectivity index (χ1n) is 9.76. The van der Waals surface area contributed by atoms with Crippen molar-refractivity contribution in [2.75, 3.05) is 13.2 Å². The standard InChI is InChI=1S/C20H40O4Si/c1-9-23-20(22)18(8)11-10-12-19(21)13-14-24-25(15(2)3,16(4)5)17(6)7/h15-17,19,21H,8-14H2,1-7H3. The quantitative estimate of drug-likeness (QED) is 0.273. The molecular formula is C20H40O4Si. The second-order valence-electron chi connectivity index (χ2n) is 7.82. The Balaban J connectivity index is 4.31. The summed E-state index contributed by atoms with van der Waals surface area (Å²) in [4.78, 5) is 11.5. The highest BCUT2D eigenvalue weighted by Crippen LogP contribution is 2.42. The van der Waals surface area contributed by atoms with Gasteiger partial charge in [0, 0.05) is 12.2 Å². The van der Waals surface area contributed by atoms with E-state index >= 15 is 0 Å². The van der Waals surface area contributed by atoms with Crippen molar-refractivity contribution in [1.82, 2.24) is 0 Å². The van der Waals surface area contributed by atoms with E-state index in [1.807, 2.05) is 0 Å². The molecule has 0 aromatic rings. The van der Waals surface area contributed by atoms with Crippen LogP contribution in [0.25, 0.3) is 0 Å². The fourth-order valence-corrected chi connectivity index (χ4v) is 9.37. The summed E-state index contributed by atoms with van der Waals surface area (Å²) in [7, 11) is -1.85. The van der Waals surface area contributed by atoms with Gasteiger partial charge >= 0.3 is 5.97 Å². The predicted molar refractivity (Wildman–Crippen MR) is 107 cm³/mol. The molecule has 0 spiro atoms. The fraction of sp³-hybridized carbons (Fsp3) is 0.850. The van der Waals surface area contributed by atoms with Gasteiger partial charge in [-0.15, -0.1) is 0 Å². The van der Waals surface area contributed by atoms with Crippen molar-refractivity contribution in [3.63, 3.8) is 0 Å². The van der Waals surface area contributed by atoms with Crippen molar-refractivity contribution in [3.8, 4) is 0 Å². The van der Waals surface area contributed by atoms with Gasteiger partial charge in [0.25, 0.3) is 0 Å². The number of carbonyl (C=O) groups is 1. The van der Waals surface area contributed by atoms with Crippen LogP contribution in [0.2, 0.25) is 16.6 Å². The summed E-state index contributed by atoms with van der Waals surface area (Å²) in [5, 5.41) is 10.2. The molecule has 1 atom stereocenters. The van der Waals surface area contributed by atoms with Crippen molar-refractivity contribution < 1.29 is 19.1 Å². The summed E-state index contributed by atoms with van der Waals surface area (Å²) in [6.07, 6.45) is 2.21. The molecule has 0 saturated heterocycles. The minimum atomic E-state index is -1.85. The van der Waals surface area contributed by atoms with E-state index in [0.29, 0.717) is 54.7 Å². The van der Waals surface area contributed by atoms with E-state index in [0.717, 1.165) is 6.42 Å². The maximum atomic E-state index is 11.5. The molecule has 1 unspecified atom stereocenters. The summed E-state index contributed by atoms with van der Waals surface area (Å²) in [5.74, 6) is -0.332. The zero-order chi connectivity index (χ0) is 19.6. The second-order valence-corrected chi connectivity index (χ2v) is 13.3. The van der Waals surface area contributed by atoms with Crippen molar-refractivity contribution in [2.45, 2.75) is 96.9 Å². The molecule has 0 rings (SSSR count). The summed E-state index contributed by atoms with van der Waals surface area (Å²) in [5.41, 5.74) is 2.14. The molecule has 0 aliphatic rings. The Labute approximate surface area is 156 Å². The molecule has 0 aliphatic carbocycles. The van der Waals surface area contributed by atoms with Gasteiger partial charge in [-0.05, 0) is 49.2 Å². The lowest BCUT2D eigenvalue weighted by molar-refractivity contribution is -0.138. The molecular weight excluding hydrogens is 332 g/mol. The highest BCUT2D eigenvalue weighted by molar-refractivity contribution is 6.77. The Morgan fingerprint density at radius 2 is 1.56 bits per heavy atom. The topological polar surface area (TPSA) is 55.8 Å². The van der Waals surface area contributed by atoms with Crippen LogP contribution >= 0.6 is 0 Å². The molecule has 1 N–H and O–H groups in total. The van der Waals surface area contributed by atoms with Gasteiger partial charge in [-0.3, -0.25) is 0 Å². The Morgan fingerprint density at radius 3 is 2.00 bits per heavy atom.